The van der Waals surface area contributed by atoms with Gasteiger partial charge in [0.25, 0.3) is 0 Å². The summed E-state index contributed by atoms with van der Waals surface area (Å²) < 4.78 is 13.2. The van der Waals surface area contributed by atoms with Gasteiger partial charge in [-0.1, -0.05) is 31.9 Å². The minimum absolute atomic E-state index is 0.164. The van der Waals surface area contributed by atoms with Crippen LogP contribution in [0.25, 0.3) is 0 Å². The van der Waals surface area contributed by atoms with Gasteiger partial charge in [0.05, 0.1) is 5.69 Å². The Morgan fingerprint density at radius 1 is 1.22 bits per heavy atom. The monoisotopic (exact) mass is 252 g/mol. The zero-order valence-electron chi connectivity index (χ0n) is 10.8. The Hall–Kier alpha value is -1.42. The molecule has 0 saturated heterocycles. The second-order valence-corrected chi connectivity index (χ2v) is 4.24. The average Bonchev–Trinajstić information content (AvgIpc) is 2.36. The van der Waals surface area contributed by atoms with Gasteiger partial charge in [0.15, 0.2) is 0 Å². The summed E-state index contributed by atoms with van der Waals surface area (Å²) in [6, 6.07) is 6.18. The Morgan fingerprint density at radius 2 is 2.00 bits per heavy atom. The molecule has 0 saturated carbocycles. The lowest BCUT2D eigenvalue weighted by Crippen LogP contribution is -2.22. The van der Waals surface area contributed by atoms with Crippen molar-refractivity contribution in [2.75, 3.05) is 18.4 Å². The maximum Gasteiger partial charge on any atom is 0.225 e. The third kappa shape index (κ3) is 5.77. The maximum atomic E-state index is 13.2. The SMILES string of the molecule is CCCCCNCCC(=O)Nc1ccccc1F. The molecule has 3 nitrogen and oxygen atoms in total. The fraction of sp³-hybridized carbons (Fsp3) is 0.500. The Balaban J connectivity index is 2.16. The number of carbonyl (C=O) groups is 1. The second-order valence-electron chi connectivity index (χ2n) is 4.24. The first-order chi connectivity index (χ1) is 8.74. The molecule has 4 heteroatoms. The van der Waals surface area contributed by atoms with Gasteiger partial charge in [-0.25, -0.2) is 4.39 Å². The molecule has 1 aromatic rings. The van der Waals surface area contributed by atoms with E-state index in [4.69, 9.17) is 0 Å². The molecule has 0 unspecified atom stereocenters. The molecule has 0 aliphatic rings. The fourth-order valence-electron chi connectivity index (χ4n) is 1.60. The first-order valence-electron chi connectivity index (χ1n) is 6.49. The van der Waals surface area contributed by atoms with Gasteiger partial charge < -0.3 is 10.6 Å². The van der Waals surface area contributed by atoms with E-state index in [1.165, 1.54) is 18.9 Å². The molecular weight excluding hydrogens is 231 g/mol. The minimum Gasteiger partial charge on any atom is -0.324 e. The zero-order valence-corrected chi connectivity index (χ0v) is 10.8. The van der Waals surface area contributed by atoms with Gasteiger partial charge >= 0.3 is 0 Å². The number of hydrogen-bond donors (Lipinski definition) is 2. The smallest absolute Gasteiger partial charge is 0.225 e. The van der Waals surface area contributed by atoms with Crippen LogP contribution in [0.3, 0.4) is 0 Å². The number of anilines is 1. The summed E-state index contributed by atoms with van der Waals surface area (Å²) in [7, 11) is 0. The van der Waals surface area contributed by atoms with E-state index in [9.17, 15) is 9.18 Å². The second kappa shape index (κ2) is 8.64. The van der Waals surface area contributed by atoms with Crippen LogP contribution in [0.1, 0.15) is 32.6 Å². The molecule has 0 atom stereocenters. The number of unbranched alkanes of at least 4 members (excludes halogenated alkanes) is 2. The number of halogens is 1. The molecule has 0 bridgehead atoms. The van der Waals surface area contributed by atoms with Crippen LogP contribution in [0, 0.1) is 5.82 Å². The summed E-state index contributed by atoms with van der Waals surface area (Å²) in [5.41, 5.74) is 0.244. The van der Waals surface area contributed by atoms with Crippen molar-refractivity contribution in [1.82, 2.24) is 5.32 Å². The lowest BCUT2D eigenvalue weighted by molar-refractivity contribution is -0.116. The van der Waals surface area contributed by atoms with E-state index >= 15 is 0 Å². The predicted octanol–water partition coefficient (Wildman–Crippen LogP) is 2.93. The highest BCUT2D eigenvalue weighted by molar-refractivity contribution is 5.90. The van der Waals surface area contributed by atoms with Crippen molar-refractivity contribution in [2.45, 2.75) is 32.6 Å². The molecular formula is C14H21FN2O. The molecule has 0 spiro atoms. The third-order valence-corrected chi connectivity index (χ3v) is 2.63. The summed E-state index contributed by atoms with van der Waals surface area (Å²) in [6.45, 7) is 3.71. The minimum atomic E-state index is -0.401. The van der Waals surface area contributed by atoms with Gasteiger partial charge in [-0.15, -0.1) is 0 Å². The Bertz CT molecular complexity index is 369. The molecule has 0 heterocycles. The number of carbonyl (C=O) groups excluding carboxylic acids is 1. The van der Waals surface area contributed by atoms with Gasteiger partial charge in [0.1, 0.15) is 5.82 Å². The summed E-state index contributed by atoms with van der Waals surface area (Å²) >= 11 is 0. The molecule has 1 aromatic carbocycles. The topological polar surface area (TPSA) is 41.1 Å². The van der Waals surface area contributed by atoms with Crippen LogP contribution in [0.5, 0.6) is 0 Å². The van der Waals surface area contributed by atoms with E-state index in [1.54, 1.807) is 18.2 Å². The third-order valence-electron chi connectivity index (χ3n) is 2.63. The molecule has 0 aromatic heterocycles. The molecule has 0 aliphatic heterocycles. The van der Waals surface area contributed by atoms with Gasteiger partial charge in [0.2, 0.25) is 5.91 Å². The van der Waals surface area contributed by atoms with Crippen LogP contribution in [-0.2, 0) is 4.79 Å². The van der Waals surface area contributed by atoms with E-state index in [2.05, 4.69) is 17.6 Å². The summed E-state index contributed by atoms with van der Waals surface area (Å²) in [5, 5.41) is 5.76. The standard InChI is InChI=1S/C14H21FN2O/c1-2-3-6-10-16-11-9-14(18)17-13-8-5-4-7-12(13)15/h4-5,7-8,16H,2-3,6,9-11H2,1H3,(H,17,18). The molecule has 2 N–H and O–H groups in total. The van der Waals surface area contributed by atoms with Crippen molar-refractivity contribution in [1.29, 1.82) is 0 Å². The van der Waals surface area contributed by atoms with Gasteiger partial charge in [0, 0.05) is 13.0 Å². The highest BCUT2D eigenvalue weighted by Crippen LogP contribution is 2.12. The van der Waals surface area contributed by atoms with E-state index in [0.717, 1.165) is 13.0 Å². The van der Waals surface area contributed by atoms with Crippen LogP contribution in [0.2, 0.25) is 0 Å². The Labute approximate surface area is 108 Å². The average molecular weight is 252 g/mol. The number of benzene rings is 1. The zero-order chi connectivity index (χ0) is 13.2. The van der Waals surface area contributed by atoms with Crippen LogP contribution >= 0.6 is 0 Å². The van der Waals surface area contributed by atoms with E-state index in [0.29, 0.717) is 13.0 Å². The van der Waals surface area contributed by atoms with E-state index in [1.807, 2.05) is 0 Å². The van der Waals surface area contributed by atoms with Gasteiger partial charge in [-0.05, 0) is 25.1 Å². The maximum absolute atomic E-state index is 13.2. The van der Waals surface area contributed by atoms with Crippen molar-refractivity contribution in [3.63, 3.8) is 0 Å². The Kier molecular flexibility index (Phi) is 7.03. The normalized spacial score (nSPS) is 10.3. The fourth-order valence-corrected chi connectivity index (χ4v) is 1.60. The molecule has 18 heavy (non-hydrogen) atoms. The molecule has 0 radical (unpaired) electrons. The molecule has 1 rings (SSSR count). The summed E-state index contributed by atoms with van der Waals surface area (Å²) in [4.78, 5) is 11.5. The van der Waals surface area contributed by atoms with Crippen molar-refractivity contribution < 1.29 is 9.18 Å². The highest BCUT2D eigenvalue weighted by Gasteiger charge is 2.05. The highest BCUT2D eigenvalue weighted by atomic mass is 19.1. The van der Waals surface area contributed by atoms with Gasteiger partial charge in [-0.2, -0.15) is 0 Å². The van der Waals surface area contributed by atoms with Crippen molar-refractivity contribution >= 4 is 11.6 Å². The van der Waals surface area contributed by atoms with Crippen molar-refractivity contribution in [2.24, 2.45) is 0 Å². The molecule has 100 valence electrons. The number of nitrogens with one attached hydrogen (secondary N) is 2. The van der Waals surface area contributed by atoms with Crippen molar-refractivity contribution in [3.8, 4) is 0 Å². The predicted molar refractivity (Wildman–Crippen MR) is 72.0 cm³/mol. The summed E-state index contributed by atoms with van der Waals surface area (Å²) in [5.74, 6) is -0.565. The van der Waals surface area contributed by atoms with E-state index < -0.39 is 5.82 Å². The van der Waals surface area contributed by atoms with E-state index in [-0.39, 0.29) is 11.6 Å². The first kappa shape index (κ1) is 14.6. The molecule has 1 amide bonds. The molecule has 0 fully saturated rings. The lowest BCUT2D eigenvalue weighted by atomic mass is 10.2. The number of para-hydroxylation sites is 1. The van der Waals surface area contributed by atoms with Crippen LogP contribution in [0.15, 0.2) is 24.3 Å². The van der Waals surface area contributed by atoms with Gasteiger partial charge in [-0.3, -0.25) is 4.79 Å². The number of amides is 1. The molecule has 0 aliphatic carbocycles. The quantitative estimate of drug-likeness (QED) is 0.698. The first-order valence-corrected chi connectivity index (χ1v) is 6.49. The lowest BCUT2D eigenvalue weighted by Gasteiger charge is -2.07. The largest absolute Gasteiger partial charge is 0.324 e. The Morgan fingerprint density at radius 3 is 2.72 bits per heavy atom. The van der Waals surface area contributed by atoms with Crippen LogP contribution in [0.4, 0.5) is 10.1 Å². The van der Waals surface area contributed by atoms with Crippen LogP contribution in [-0.4, -0.2) is 19.0 Å². The van der Waals surface area contributed by atoms with Crippen LogP contribution < -0.4 is 10.6 Å². The van der Waals surface area contributed by atoms with Crippen molar-refractivity contribution in [3.05, 3.63) is 30.1 Å². The summed E-state index contributed by atoms with van der Waals surface area (Å²) in [6.07, 6.45) is 3.88. The number of rotatable bonds is 8. The number of hydrogen-bond acceptors (Lipinski definition) is 2.